The maximum Gasteiger partial charge on any atom is 0.290 e. The van der Waals surface area contributed by atoms with Crippen LogP contribution in [0, 0.1) is 5.82 Å². The van der Waals surface area contributed by atoms with Crippen LogP contribution < -0.4 is 11.5 Å². The van der Waals surface area contributed by atoms with Crippen LogP contribution in [0.5, 0.6) is 0 Å². The molecule has 0 spiro atoms. The molecule has 1 amide bonds. The number of guanidine groups is 1. The van der Waals surface area contributed by atoms with Crippen molar-refractivity contribution in [2.24, 2.45) is 16.5 Å². The molecule has 0 radical (unpaired) electrons. The van der Waals surface area contributed by atoms with Crippen LogP contribution in [-0.4, -0.2) is 31.1 Å². The molecule has 7 nitrogen and oxygen atoms in total. The summed E-state index contributed by atoms with van der Waals surface area (Å²) in [4.78, 5) is 15.9. The van der Waals surface area contributed by atoms with E-state index in [-0.39, 0.29) is 11.8 Å². The molecule has 1 heterocycles. The van der Waals surface area contributed by atoms with Gasteiger partial charge in [0.15, 0.2) is 5.96 Å². The Morgan fingerprint density at radius 1 is 1.18 bits per heavy atom. The van der Waals surface area contributed by atoms with Crippen LogP contribution >= 0.6 is 22.9 Å². The molecule has 0 saturated heterocycles. The average molecular weight is 444 g/mol. The lowest BCUT2D eigenvalue weighted by Gasteiger charge is -2.06. The van der Waals surface area contributed by atoms with Gasteiger partial charge in [0.1, 0.15) is 5.82 Å². The summed E-state index contributed by atoms with van der Waals surface area (Å²) in [6.45, 7) is 0. The van der Waals surface area contributed by atoms with Gasteiger partial charge in [-0.05, 0) is 35.9 Å². The zero-order chi connectivity index (χ0) is 21.1. The predicted octanol–water partition coefficient (Wildman–Crippen LogP) is 3.28. The fraction of sp³-hybridized carbons (Fsp3) is 0.0588. The van der Waals surface area contributed by atoms with E-state index < -0.39 is 16.0 Å². The van der Waals surface area contributed by atoms with Crippen LogP contribution in [0.2, 0.25) is 5.02 Å². The Morgan fingerprint density at radius 2 is 1.82 bits per heavy atom. The number of nitrogens with zero attached hydrogens (tertiary/aromatic N) is 1. The van der Waals surface area contributed by atoms with Gasteiger partial charge in [-0.1, -0.05) is 23.7 Å². The molecule has 5 N–H and O–H groups in total. The van der Waals surface area contributed by atoms with E-state index >= 15 is 0 Å². The standard InChI is InChI=1S/C16H11ClFN3OS.CH4O3S/c17-12-5-4-8(18)6-10(12)9-2-1-3-13-11(9)7-14(23-13)15(22)21-16(19)20;1-5(2,3)4/h1-7H,(H4,19,20,21,22);1H3,(H,2,3,4). The van der Waals surface area contributed by atoms with Crippen molar-refractivity contribution in [2.75, 3.05) is 6.26 Å². The molecule has 3 rings (SSSR count). The number of hydrogen-bond acceptors (Lipinski definition) is 4. The zero-order valence-corrected chi connectivity index (χ0v) is 16.8. The molecule has 3 aromatic rings. The molecule has 2 aromatic carbocycles. The first-order chi connectivity index (χ1) is 13.0. The Kier molecular flexibility index (Phi) is 6.73. The summed E-state index contributed by atoms with van der Waals surface area (Å²) in [6, 6.07) is 11.4. The topological polar surface area (TPSA) is 136 Å². The lowest BCUT2D eigenvalue weighted by Crippen LogP contribution is -2.24. The second-order valence-corrected chi connectivity index (χ2v) is 8.48. The van der Waals surface area contributed by atoms with Gasteiger partial charge in [0.2, 0.25) is 0 Å². The van der Waals surface area contributed by atoms with E-state index in [9.17, 15) is 17.6 Å². The summed E-state index contributed by atoms with van der Waals surface area (Å²) >= 11 is 7.45. The van der Waals surface area contributed by atoms with E-state index in [0.717, 1.165) is 15.6 Å². The molecule has 0 aliphatic carbocycles. The Hall–Kier alpha value is -2.53. The number of nitrogens with two attached hydrogens (primary N) is 2. The van der Waals surface area contributed by atoms with Crippen molar-refractivity contribution in [3.63, 3.8) is 0 Å². The molecule has 148 valence electrons. The van der Waals surface area contributed by atoms with Gasteiger partial charge >= 0.3 is 0 Å². The average Bonchev–Trinajstić information content (AvgIpc) is 2.99. The molecule has 11 heteroatoms. The number of carbonyl (C=O) groups excluding carboxylic acids is 1. The number of benzene rings is 2. The number of fused-ring (bicyclic) bond motifs is 1. The van der Waals surface area contributed by atoms with Crippen LogP contribution in [0.15, 0.2) is 47.5 Å². The van der Waals surface area contributed by atoms with Gasteiger partial charge < -0.3 is 11.5 Å². The third kappa shape index (κ3) is 5.99. The van der Waals surface area contributed by atoms with Crippen molar-refractivity contribution in [1.82, 2.24) is 0 Å². The van der Waals surface area contributed by atoms with E-state index in [4.69, 9.17) is 27.6 Å². The number of halogens is 2. The summed E-state index contributed by atoms with van der Waals surface area (Å²) in [5.74, 6) is -1.18. The molecule has 0 fully saturated rings. The van der Waals surface area contributed by atoms with Crippen LogP contribution in [0.25, 0.3) is 21.2 Å². The molecule has 0 aliphatic heterocycles. The van der Waals surface area contributed by atoms with Gasteiger partial charge in [-0.3, -0.25) is 9.35 Å². The third-order valence-corrected chi connectivity index (χ3v) is 4.64. The quantitative estimate of drug-likeness (QED) is 0.316. The first kappa shape index (κ1) is 21.8. The van der Waals surface area contributed by atoms with Gasteiger partial charge in [-0.15, -0.1) is 11.3 Å². The molecular formula is C17H15ClFN3O4S2. The molecule has 0 atom stereocenters. The summed E-state index contributed by atoms with van der Waals surface area (Å²) < 4.78 is 40.3. The first-order valence-electron chi connectivity index (χ1n) is 7.50. The monoisotopic (exact) mass is 443 g/mol. The van der Waals surface area contributed by atoms with Gasteiger partial charge in [0, 0.05) is 20.7 Å². The van der Waals surface area contributed by atoms with Crippen LogP contribution in [0.1, 0.15) is 9.67 Å². The molecule has 1 aromatic heterocycles. The van der Waals surface area contributed by atoms with Gasteiger partial charge in [-0.25, -0.2) is 4.39 Å². The number of hydrogen-bond donors (Lipinski definition) is 3. The fourth-order valence-corrected chi connectivity index (χ4v) is 3.47. The van der Waals surface area contributed by atoms with Crippen molar-refractivity contribution in [3.8, 4) is 11.1 Å². The predicted molar refractivity (Wildman–Crippen MR) is 110 cm³/mol. The van der Waals surface area contributed by atoms with Crippen molar-refractivity contribution < 1.29 is 22.2 Å². The number of carbonyl (C=O) groups is 1. The third-order valence-electron chi connectivity index (χ3n) is 3.22. The minimum atomic E-state index is -3.67. The van der Waals surface area contributed by atoms with E-state index in [1.54, 1.807) is 6.07 Å². The molecule has 0 bridgehead atoms. The summed E-state index contributed by atoms with van der Waals surface area (Å²) in [6.07, 6.45) is 0.715. The maximum absolute atomic E-state index is 13.6. The Balaban J connectivity index is 0.000000500. The van der Waals surface area contributed by atoms with Crippen molar-refractivity contribution in [2.45, 2.75) is 0 Å². The Labute approximate surface area is 169 Å². The summed E-state index contributed by atoms with van der Waals surface area (Å²) in [7, 11) is -3.67. The normalized spacial score (nSPS) is 10.9. The number of amides is 1. The van der Waals surface area contributed by atoms with Gasteiger partial charge in [0.25, 0.3) is 16.0 Å². The molecular weight excluding hydrogens is 429 g/mol. The highest BCUT2D eigenvalue weighted by Crippen LogP contribution is 2.37. The van der Waals surface area contributed by atoms with Gasteiger partial charge in [0.05, 0.1) is 11.1 Å². The molecule has 0 unspecified atom stereocenters. The lowest BCUT2D eigenvalue weighted by atomic mass is 10.0. The minimum Gasteiger partial charge on any atom is -0.370 e. The molecule has 0 saturated carbocycles. The maximum atomic E-state index is 13.6. The minimum absolute atomic E-state index is 0.291. The van der Waals surface area contributed by atoms with Gasteiger partial charge in [-0.2, -0.15) is 13.4 Å². The summed E-state index contributed by atoms with van der Waals surface area (Å²) in [5.41, 5.74) is 11.8. The Bertz CT molecular complexity index is 1160. The van der Waals surface area contributed by atoms with Crippen LogP contribution in [0.4, 0.5) is 4.39 Å². The van der Waals surface area contributed by atoms with E-state index in [1.165, 1.54) is 29.5 Å². The molecule has 28 heavy (non-hydrogen) atoms. The number of aliphatic imine (C=N–C) groups is 1. The second-order valence-electron chi connectivity index (χ2n) is 5.53. The fourth-order valence-electron chi connectivity index (χ4n) is 2.28. The van der Waals surface area contributed by atoms with E-state index in [2.05, 4.69) is 4.99 Å². The second kappa shape index (κ2) is 8.65. The highest BCUT2D eigenvalue weighted by atomic mass is 35.5. The zero-order valence-electron chi connectivity index (χ0n) is 14.4. The highest BCUT2D eigenvalue weighted by Gasteiger charge is 2.14. The smallest absolute Gasteiger partial charge is 0.290 e. The summed E-state index contributed by atoms with van der Waals surface area (Å²) in [5, 5.41) is 1.22. The SMILES string of the molecule is CS(=O)(=O)O.NC(N)=NC(=O)c1cc2c(-c3cc(F)ccc3Cl)cccc2s1. The highest BCUT2D eigenvalue weighted by molar-refractivity contribution is 7.85. The van der Waals surface area contributed by atoms with E-state index in [1.807, 2.05) is 18.2 Å². The first-order valence-corrected chi connectivity index (χ1v) is 10.5. The Morgan fingerprint density at radius 3 is 2.43 bits per heavy atom. The lowest BCUT2D eigenvalue weighted by molar-refractivity contribution is 0.101. The molecule has 0 aliphatic rings. The van der Waals surface area contributed by atoms with Crippen molar-refractivity contribution in [3.05, 3.63) is 58.2 Å². The number of thiophene rings is 1. The van der Waals surface area contributed by atoms with Crippen molar-refractivity contribution >= 4 is 55.0 Å². The van der Waals surface area contributed by atoms with E-state index in [0.29, 0.717) is 21.7 Å². The van der Waals surface area contributed by atoms with Crippen LogP contribution in [-0.2, 0) is 10.1 Å². The van der Waals surface area contributed by atoms with Crippen LogP contribution in [0.3, 0.4) is 0 Å². The number of rotatable bonds is 2. The largest absolute Gasteiger partial charge is 0.370 e. The van der Waals surface area contributed by atoms with Crippen molar-refractivity contribution in [1.29, 1.82) is 0 Å².